The zero-order chi connectivity index (χ0) is 15.6. The van der Waals surface area contributed by atoms with Gasteiger partial charge in [-0.25, -0.2) is 13.1 Å². The number of halogens is 1. The third-order valence-electron chi connectivity index (χ3n) is 3.73. The highest BCUT2D eigenvalue weighted by atomic mass is 35.5. The Balaban J connectivity index is 2.05. The number of rotatable bonds is 4. The van der Waals surface area contributed by atoms with Gasteiger partial charge in [0.05, 0.1) is 15.6 Å². The van der Waals surface area contributed by atoms with Crippen LogP contribution in [0.15, 0.2) is 23.1 Å². The Kier molecular flexibility index (Phi) is 4.75. The Morgan fingerprint density at radius 1 is 1.24 bits per heavy atom. The van der Waals surface area contributed by atoms with E-state index >= 15 is 0 Å². The molecular weight excluding hydrogens is 314 g/mol. The van der Waals surface area contributed by atoms with E-state index in [1.807, 2.05) is 0 Å². The van der Waals surface area contributed by atoms with Crippen molar-refractivity contribution in [1.82, 2.24) is 4.72 Å². The highest BCUT2D eigenvalue weighted by Crippen LogP contribution is 2.26. The van der Waals surface area contributed by atoms with E-state index in [4.69, 9.17) is 23.1 Å². The number of nitrogens with two attached hydrogens (primary N) is 2. The number of hydrogen-bond donors (Lipinski definition) is 3. The maximum atomic E-state index is 12.3. The van der Waals surface area contributed by atoms with Crippen LogP contribution in [0.4, 0.5) is 5.69 Å². The summed E-state index contributed by atoms with van der Waals surface area (Å²) in [6.45, 7) is 0. The fraction of sp³-hybridized carbons (Fsp3) is 0.462. The lowest BCUT2D eigenvalue weighted by atomic mass is 9.86. The Morgan fingerprint density at radius 3 is 2.38 bits per heavy atom. The summed E-state index contributed by atoms with van der Waals surface area (Å²) in [5.74, 6) is -0.473. The lowest BCUT2D eigenvalue weighted by molar-refractivity contribution is -0.122. The first-order chi connectivity index (χ1) is 9.79. The molecule has 5 N–H and O–H groups in total. The molecule has 1 aromatic rings. The van der Waals surface area contributed by atoms with Crippen LogP contribution in [0, 0.1) is 5.92 Å². The summed E-state index contributed by atoms with van der Waals surface area (Å²) in [4.78, 5) is 11.2. The van der Waals surface area contributed by atoms with Crippen molar-refractivity contribution in [2.45, 2.75) is 36.6 Å². The molecule has 0 bridgehead atoms. The van der Waals surface area contributed by atoms with Crippen LogP contribution in [0.1, 0.15) is 25.7 Å². The van der Waals surface area contributed by atoms with E-state index in [0.717, 1.165) is 0 Å². The number of primary amides is 1. The number of nitrogens with one attached hydrogen (secondary N) is 1. The van der Waals surface area contributed by atoms with E-state index in [9.17, 15) is 13.2 Å². The second kappa shape index (κ2) is 6.21. The lowest BCUT2D eigenvalue weighted by Crippen LogP contribution is -2.39. The molecule has 6 nitrogen and oxygen atoms in total. The number of anilines is 1. The molecule has 116 valence electrons. The van der Waals surface area contributed by atoms with Crippen LogP contribution in [-0.4, -0.2) is 20.4 Å². The summed E-state index contributed by atoms with van der Waals surface area (Å²) >= 11 is 5.78. The summed E-state index contributed by atoms with van der Waals surface area (Å²) in [7, 11) is -3.64. The standard InChI is InChI=1S/C13H18ClN3O3S/c14-11-6-5-10(7-12(11)15)21(19,20)17-9-3-1-8(2-4-9)13(16)18/h5-9,17H,1-4,15H2,(H2,16,18). The van der Waals surface area contributed by atoms with E-state index in [0.29, 0.717) is 30.7 Å². The van der Waals surface area contributed by atoms with Gasteiger partial charge in [-0.2, -0.15) is 0 Å². The van der Waals surface area contributed by atoms with Gasteiger partial charge in [0.2, 0.25) is 15.9 Å². The summed E-state index contributed by atoms with van der Waals surface area (Å²) in [6, 6.07) is 4.01. The van der Waals surface area contributed by atoms with Crippen molar-refractivity contribution in [2.24, 2.45) is 11.7 Å². The normalized spacial score (nSPS) is 22.9. The summed E-state index contributed by atoms with van der Waals surface area (Å²) < 4.78 is 27.2. The Morgan fingerprint density at radius 2 is 1.86 bits per heavy atom. The minimum atomic E-state index is -3.64. The van der Waals surface area contributed by atoms with Gasteiger partial charge >= 0.3 is 0 Å². The van der Waals surface area contributed by atoms with Gasteiger partial charge in [-0.15, -0.1) is 0 Å². The number of benzene rings is 1. The molecule has 1 aromatic carbocycles. The number of hydrogen-bond acceptors (Lipinski definition) is 4. The average Bonchev–Trinajstić information content (AvgIpc) is 2.42. The maximum Gasteiger partial charge on any atom is 0.240 e. The minimum absolute atomic E-state index is 0.0847. The van der Waals surface area contributed by atoms with Crippen LogP contribution in [0.5, 0.6) is 0 Å². The molecule has 0 unspecified atom stereocenters. The topological polar surface area (TPSA) is 115 Å². The number of carbonyl (C=O) groups excluding carboxylic acids is 1. The average molecular weight is 332 g/mol. The van der Waals surface area contributed by atoms with Gasteiger partial charge in [-0.1, -0.05) is 11.6 Å². The third kappa shape index (κ3) is 3.87. The predicted octanol–water partition coefficient (Wildman–Crippen LogP) is 1.24. The fourth-order valence-electron chi connectivity index (χ4n) is 2.47. The number of carbonyl (C=O) groups is 1. The van der Waals surface area contributed by atoms with Crippen molar-refractivity contribution in [3.05, 3.63) is 23.2 Å². The second-order valence-corrected chi connectivity index (χ2v) is 7.38. The maximum absolute atomic E-state index is 12.3. The fourth-order valence-corrected chi connectivity index (χ4v) is 3.93. The molecule has 0 saturated heterocycles. The van der Waals surface area contributed by atoms with Gasteiger partial charge in [0.15, 0.2) is 0 Å². The summed E-state index contributed by atoms with van der Waals surface area (Å²) in [5, 5.41) is 0.316. The molecule has 2 rings (SSSR count). The first kappa shape index (κ1) is 16.1. The first-order valence-corrected chi connectivity index (χ1v) is 8.52. The number of amides is 1. The predicted molar refractivity (Wildman–Crippen MR) is 81.1 cm³/mol. The SMILES string of the molecule is NC(=O)C1CCC(NS(=O)(=O)c2ccc(Cl)c(N)c2)CC1. The van der Waals surface area contributed by atoms with Crippen LogP contribution >= 0.6 is 11.6 Å². The van der Waals surface area contributed by atoms with E-state index in [2.05, 4.69) is 4.72 Å². The van der Waals surface area contributed by atoms with Crippen LogP contribution in [-0.2, 0) is 14.8 Å². The zero-order valence-corrected chi connectivity index (χ0v) is 13.0. The van der Waals surface area contributed by atoms with E-state index in [1.165, 1.54) is 18.2 Å². The van der Waals surface area contributed by atoms with E-state index < -0.39 is 10.0 Å². The summed E-state index contributed by atoms with van der Waals surface area (Å²) in [6.07, 6.45) is 2.39. The van der Waals surface area contributed by atoms with Crippen molar-refractivity contribution in [2.75, 3.05) is 5.73 Å². The van der Waals surface area contributed by atoms with Crippen LogP contribution < -0.4 is 16.2 Å². The van der Waals surface area contributed by atoms with Crippen molar-refractivity contribution < 1.29 is 13.2 Å². The van der Waals surface area contributed by atoms with Crippen molar-refractivity contribution in [3.8, 4) is 0 Å². The molecule has 1 saturated carbocycles. The summed E-state index contributed by atoms with van der Waals surface area (Å²) in [5.41, 5.74) is 11.1. The molecule has 1 amide bonds. The molecule has 0 atom stereocenters. The van der Waals surface area contributed by atoms with Crippen molar-refractivity contribution >= 4 is 33.2 Å². The second-order valence-electron chi connectivity index (χ2n) is 5.26. The van der Waals surface area contributed by atoms with Gasteiger partial charge in [0.25, 0.3) is 0 Å². The van der Waals surface area contributed by atoms with E-state index in [-0.39, 0.29) is 28.4 Å². The van der Waals surface area contributed by atoms with Gasteiger partial charge in [0, 0.05) is 12.0 Å². The molecule has 8 heteroatoms. The monoisotopic (exact) mass is 331 g/mol. The van der Waals surface area contributed by atoms with Crippen LogP contribution in [0.2, 0.25) is 5.02 Å². The first-order valence-electron chi connectivity index (χ1n) is 6.66. The molecule has 0 heterocycles. The van der Waals surface area contributed by atoms with Crippen molar-refractivity contribution in [3.63, 3.8) is 0 Å². The quantitative estimate of drug-likeness (QED) is 0.720. The minimum Gasteiger partial charge on any atom is -0.397 e. The molecular formula is C13H18ClN3O3S. The Bertz CT molecular complexity index is 640. The van der Waals surface area contributed by atoms with Crippen LogP contribution in [0.25, 0.3) is 0 Å². The third-order valence-corrected chi connectivity index (χ3v) is 5.59. The molecule has 21 heavy (non-hydrogen) atoms. The van der Waals surface area contributed by atoms with Crippen LogP contribution in [0.3, 0.4) is 0 Å². The van der Waals surface area contributed by atoms with Crippen molar-refractivity contribution in [1.29, 1.82) is 0 Å². The van der Waals surface area contributed by atoms with Gasteiger partial charge in [-0.05, 0) is 43.9 Å². The lowest BCUT2D eigenvalue weighted by Gasteiger charge is -2.27. The molecule has 0 aromatic heterocycles. The van der Waals surface area contributed by atoms with Gasteiger partial charge < -0.3 is 11.5 Å². The molecule has 1 aliphatic rings. The van der Waals surface area contributed by atoms with Gasteiger partial charge in [-0.3, -0.25) is 4.79 Å². The molecule has 0 radical (unpaired) electrons. The number of nitrogen functional groups attached to an aromatic ring is 1. The smallest absolute Gasteiger partial charge is 0.240 e. The van der Waals surface area contributed by atoms with E-state index in [1.54, 1.807) is 0 Å². The molecule has 1 fully saturated rings. The Labute approximate surface area is 128 Å². The highest BCUT2D eigenvalue weighted by Gasteiger charge is 2.28. The molecule has 1 aliphatic carbocycles. The molecule has 0 spiro atoms. The number of sulfonamides is 1. The largest absolute Gasteiger partial charge is 0.397 e. The zero-order valence-electron chi connectivity index (χ0n) is 11.4. The molecule has 0 aliphatic heterocycles. The highest BCUT2D eigenvalue weighted by molar-refractivity contribution is 7.89. The van der Waals surface area contributed by atoms with Gasteiger partial charge in [0.1, 0.15) is 0 Å². The Hall–Kier alpha value is -1.31.